The predicted molar refractivity (Wildman–Crippen MR) is 55.8 cm³/mol. The summed E-state index contributed by atoms with van der Waals surface area (Å²) in [5.41, 5.74) is 0.109. The average Bonchev–Trinajstić information content (AvgIpc) is 2.25. The molecule has 0 bridgehead atoms. The third kappa shape index (κ3) is 5.42. The Morgan fingerprint density at radius 1 is 0.882 bits per heavy atom. The Morgan fingerprint density at radius 2 is 1.24 bits per heavy atom. The summed E-state index contributed by atoms with van der Waals surface area (Å²) in [5.74, 6) is -0.355. The van der Waals surface area contributed by atoms with Crippen molar-refractivity contribution in [2.24, 2.45) is 0 Å². The minimum Gasteiger partial charge on any atom is -0.434 e. The zero-order chi connectivity index (χ0) is 13.4. The molecular weight excluding hydrogens is 240 g/mol. The van der Waals surface area contributed by atoms with E-state index in [0.29, 0.717) is 0 Å². The molecule has 0 aliphatic heterocycles. The second-order valence-corrected chi connectivity index (χ2v) is 2.64. The molecule has 1 rings (SSSR count). The summed E-state index contributed by atoms with van der Waals surface area (Å²) >= 11 is 0. The Balaban J connectivity index is 0.00000121. The highest BCUT2D eigenvalue weighted by Crippen LogP contribution is 2.29. The first kappa shape index (κ1) is 15.5. The van der Waals surface area contributed by atoms with E-state index < -0.39 is 13.2 Å². The molecule has 0 heterocycles. The highest BCUT2D eigenvalue weighted by atomic mass is 19.3. The van der Waals surface area contributed by atoms with Crippen molar-refractivity contribution < 1.29 is 27.0 Å². The molecule has 1 aromatic carbocycles. The second kappa shape index (κ2) is 7.76. The molecule has 6 heteroatoms. The summed E-state index contributed by atoms with van der Waals surface area (Å²) in [7, 11) is 0. The number of halogens is 4. The van der Waals surface area contributed by atoms with Crippen molar-refractivity contribution in [3.8, 4) is 11.5 Å². The molecule has 0 amide bonds. The van der Waals surface area contributed by atoms with Gasteiger partial charge in [-0.3, -0.25) is 0 Å². The molecule has 1 aromatic rings. The van der Waals surface area contributed by atoms with E-state index in [4.69, 9.17) is 0 Å². The monoisotopic (exact) mass is 254 g/mol. The minimum atomic E-state index is -2.99. The quantitative estimate of drug-likeness (QED) is 0.749. The molecule has 17 heavy (non-hydrogen) atoms. The fourth-order valence-electron chi connectivity index (χ4n) is 1.04. The minimum absolute atomic E-state index is 0.109. The van der Waals surface area contributed by atoms with E-state index in [0.717, 1.165) is 0 Å². The van der Waals surface area contributed by atoms with Crippen molar-refractivity contribution in [3.63, 3.8) is 0 Å². The maximum Gasteiger partial charge on any atom is 0.387 e. The number of hydrogen-bond donors (Lipinski definition) is 0. The van der Waals surface area contributed by atoms with E-state index in [-0.39, 0.29) is 17.1 Å². The number of hydrogen-bond acceptors (Lipinski definition) is 2. The van der Waals surface area contributed by atoms with Gasteiger partial charge < -0.3 is 9.47 Å². The lowest BCUT2D eigenvalue weighted by Crippen LogP contribution is -2.06. The van der Waals surface area contributed by atoms with Gasteiger partial charge in [0.1, 0.15) is 11.5 Å². The summed E-state index contributed by atoms with van der Waals surface area (Å²) in [6.45, 7) is -0.633. The molecule has 0 atom stereocenters. The molecule has 0 saturated heterocycles. The van der Waals surface area contributed by atoms with E-state index >= 15 is 0 Å². The maximum atomic E-state index is 11.9. The average molecular weight is 254 g/mol. The fourth-order valence-corrected chi connectivity index (χ4v) is 1.04. The highest BCUT2D eigenvalue weighted by Gasteiger charge is 2.13. The van der Waals surface area contributed by atoms with Gasteiger partial charge in [0, 0.05) is 5.56 Å². The van der Waals surface area contributed by atoms with Crippen LogP contribution in [0.15, 0.2) is 18.2 Å². The summed E-state index contributed by atoms with van der Waals surface area (Å²) in [5, 5.41) is 0. The van der Waals surface area contributed by atoms with Crippen LogP contribution in [0.5, 0.6) is 11.5 Å². The van der Waals surface area contributed by atoms with Gasteiger partial charge in [0.05, 0.1) is 0 Å². The van der Waals surface area contributed by atoms with E-state index in [1.165, 1.54) is 25.1 Å². The standard InChI is InChI=1S/C9H8F4O2.C2H6/c1-5-6(14-8(10)11)3-2-4-7(5)15-9(12)13;1-2/h2-4,8-9H,1H3;1-2H3. The first-order valence-corrected chi connectivity index (χ1v) is 5.00. The Kier molecular flexibility index (Phi) is 7.09. The Bertz CT molecular complexity index is 301. The van der Waals surface area contributed by atoms with Crippen LogP contribution in [0.25, 0.3) is 0 Å². The number of benzene rings is 1. The molecule has 0 fully saturated rings. The van der Waals surface area contributed by atoms with E-state index in [2.05, 4.69) is 9.47 Å². The molecule has 0 N–H and O–H groups in total. The van der Waals surface area contributed by atoms with Crippen LogP contribution in [0.4, 0.5) is 17.6 Å². The van der Waals surface area contributed by atoms with Crippen LogP contribution in [-0.2, 0) is 0 Å². The van der Waals surface area contributed by atoms with Crippen molar-refractivity contribution in [1.82, 2.24) is 0 Å². The number of rotatable bonds is 4. The molecule has 0 aliphatic carbocycles. The second-order valence-electron chi connectivity index (χ2n) is 2.64. The number of alkyl halides is 4. The molecular formula is C11H14F4O2. The van der Waals surface area contributed by atoms with Gasteiger partial charge in [0.15, 0.2) is 0 Å². The van der Waals surface area contributed by atoms with Crippen molar-refractivity contribution >= 4 is 0 Å². The van der Waals surface area contributed by atoms with Crippen molar-refractivity contribution in [3.05, 3.63) is 23.8 Å². The molecule has 2 nitrogen and oxygen atoms in total. The van der Waals surface area contributed by atoms with Gasteiger partial charge in [-0.25, -0.2) is 0 Å². The number of ether oxygens (including phenoxy) is 2. The normalized spacial score (nSPS) is 9.94. The first-order valence-electron chi connectivity index (χ1n) is 5.00. The smallest absolute Gasteiger partial charge is 0.387 e. The van der Waals surface area contributed by atoms with Crippen molar-refractivity contribution in [1.29, 1.82) is 0 Å². The van der Waals surface area contributed by atoms with Crippen LogP contribution in [0, 0.1) is 6.92 Å². The molecule has 0 saturated carbocycles. The van der Waals surface area contributed by atoms with E-state index in [1.807, 2.05) is 13.8 Å². The third-order valence-corrected chi connectivity index (χ3v) is 1.67. The third-order valence-electron chi connectivity index (χ3n) is 1.67. The lowest BCUT2D eigenvalue weighted by Gasteiger charge is -2.12. The zero-order valence-corrected chi connectivity index (χ0v) is 9.72. The van der Waals surface area contributed by atoms with Crippen LogP contribution >= 0.6 is 0 Å². The fraction of sp³-hybridized carbons (Fsp3) is 0.455. The van der Waals surface area contributed by atoms with Gasteiger partial charge >= 0.3 is 13.2 Å². The van der Waals surface area contributed by atoms with Gasteiger partial charge in [0.2, 0.25) is 0 Å². The van der Waals surface area contributed by atoms with Gasteiger partial charge in [-0.15, -0.1) is 0 Å². The molecule has 0 radical (unpaired) electrons. The van der Waals surface area contributed by atoms with Crippen LogP contribution in [0.1, 0.15) is 19.4 Å². The molecule has 0 aromatic heterocycles. The van der Waals surface area contributed by atoms with Crippen molar-refractivity contribution in [2.75, 3.05) is 0 Å². The lowest BCUT2D eigenvalue weighted by molar-refractivity contribution is -0.0551. The Hall–Kier alpha value is -1.46. The zero-order valence-electron chi connectivity index (χ0n) is 9.72. The van der Waals surface area contributed by atoms with Gasteiger partial charge in [-0.1, -0.05) is 19.9 Å². The van der Waals surface area contributed by atoms with E-state index in [9.17, 15) is 17.6 Å². The topological polar surface area (TPSA) is 18.5 Å². The lowest BCUT2D eigenvalue weighted by atomic mass is 10.2. The highest BCUT2D eigenvalue weighted by molar-refractivity contribution is 5.43. The first-order chi connectivity index (χ1) is 8.00. The summed E-state index contributed by atoms with van der Waals surface area (Å²) in [4.78, 5) is 0. The predicted octanol–water partition coefficient (Wildman–Crippen LogP) is 4.22. The summed E-state index contributed by atoms with van der Waals surface area (Å²) in [6, 6.07) is 3.79. The summed E-state index contributed by atoms with van der Waals surface area (Å²) in [6.07, 6.45) is 0. The Labute approximate surface area is 97.2 Å². The maximum absolute atomic E-state index is 11.9. The van der Waals surface area contributed by atoms with Crippen LogP contribution in [0.2, 0.25) is 0 Å². The van der Waals surface area contributed by atoms with Gasteiger partial charge in [-0.05, 0) is 19.1 Å². The van der Waals surface area contributed by atoms with Crippen LogP contribution in [-0.4, -0.2) is 13.2 Å². The molecule has 98 valence electrons. The SMILES string of the molecule is CC.Cc1c(OC(F)F)cccc1OC(F)F. The largest absolute Gasteiger partial charge is 0.434 e. The molecule has 0 aliphatic rings. The van der Waals surface area contributed by atoms with E-state index in [1.54, 1.807) is 0 Å². The van der Waals surface area contributed by atoms with Gasteiger partial charge in [-0.2, -0.15) is 17.6 Å². The molecule has 0 unspecified atom stereocenters. The van der Waals surface area contributed by atoms with Crippen molar-refractivity contribution in [2.45, 2.75) is 34.0 Å². The van der Waals surface area contributed by atoms with Gasteiger partial charge in [0.25, 0.3) is 0 Å². The Morgan fingerprint density at radius 3 is 1.53 bits per heavy atom. The molecule has 0 spiro atoms. The van der Waals surface area contributed by atoms with Crippen LogP contribution in [0.3, 0.4) is 0 Å². The summed E-state index contributed by atoms with van der Waals surface area (Å²) < 4.78 is 55.8. The van der Waals surface area contributed by atoms with Crippen LogP contribution < -0.4 is 9.47 Å².